The number of carbonyl (C=O) groups is 1. The zero-order valence-corrected chi connectivity index (χ0v) is 20.7. The number of ether oxygens (including phenoxy) is 1. The zero-order chi connectivity index (χ0) is 24.8. The third kappa shape index (κ3) is 3.37. The van der Waals surface area contributed by atoms with Crippen LogP contribution in [-0.2, 0) is 0 Å². The van der Waals surface area contributed by atoms with Crippen molar-refractivity contribution in [1.82, 2.24) is 24.8 Å². The van der Waals surface area contributed by atoms with Crippen molar-refractivity contribution in [2.45, 2.75) is 56.1 Å². The highest BCUT2D eigenvalue weighted by Gasteiger charge is 2.61. The Hall–Kier alpha value is -2.72. The lowest BCUT2D eigenvalue weighted by Crippen LogP contribution is -2.55. The normalized spacial score (nSPS) is 30.4. The fraction of sp³-hybridized carbons (Fsp3) is 0.600. The first-order chi connectivity index (χ1) is 17.3. The summed E-state index contributed by atoms with van der Waals surface area (Å²) in [5.74, 6) is -0.197. The SMILES string of the molecule is C=C1CN2CC3(CC3)CC2(COc2nc(N3C[C@H]4CC[C@@H](C3)N4C(=O)O)c3cnc(Cl)c(F)c3n2)C1. The van der Waals surface area contributed by atoms with Gasteiger partial charge in [-0.05, 0) is 43.9 Å². The lowest BCUT2D eigenvalue weighted by Gasteiger charge is -2.40. The molecule has 1 N–H and O–H groups in total. The zero-order valence-electron chi connectivity index (χ0n) is 19.9. The average Bonchev–Trinajstić information content (AvgIpc) is 3.32. The summed E-state index contributed by atoms with van der Waals surface area (Å²) >= 11 is 6.01. The van der Waals surface area contributed by atoms with E-state index in [9.17, 15) is 9.90 Å². The largest absolute Gasteiger partial charge is 0.465 e. The molecule has 11 heteroatoms. The van der Waals surface area contributed by atoms with Crippen molar-refractivity contribution in [1.29, 1.82) is 0 Å². The molecule has 1 spiro atoms. The summed E-state index contributed by atoms with van der Waals surface area (Å²) < 4.78 is 21.4. The Morgan fingerprint density at radius 3 is 2.72 bits per heavy atom. The van der Waals surface area contributed by atoms with Crippen LogP contribution < -0.4 is 9.64 Å². The van der Waals surface area contributed by atoms with Gasteiger partial charge in [-0.3, -0.25) is 9.80 Å². The molecule has 6 heterocycles. The van der Waals surface area contributed by atoms with Gasteiger partial charge in [0, 0.05) is 32.4 Å². The highest BCUT2D eigenvalue weighted by molar-refractivity contribution is 6.30. The second-order valence-electron chi connectivity index (χ2n) is 11.4. The lowest BCUT2D eigenvalue weighted by molar-refractivity contribution is 0.107. The molecule has 4 saturated heterocycles. The van der Waals surface area contributed by atoms with E-state index < -0.39 is 11.9 Å². The van der Waals surface area contributed by atoms with Crippen molar-refractivity contribution < 1.29 is 19.0 Å². The Kier molecular flexibility index (Phi) is 4.77. The van der Waals surface area contributed by atoms with Gasteiger partial charge in [0.05, 0.1) is 23.0 Å². The molecule has 7 rings (SSSR count). The van der Waals surface area contributed by atoms with Crippen LogP contribution in [0.15, 0.2) is 18.3 Å². The standard InChI is InChI=1S/C25H28ClFN6O3/c1-14-6-25(11-24(4-5-24)12-32(25)8-14)13-36-22-29-19-17(7-28-20(26)18(19)27)21(30-22)31-9-15-2-3-16(10-31)33(15)23(34)35/h7,15-16H,1-6,8-13H2,(H,34,35)/t15-,16+,25?. The van der Waals surface area contributed by atoms with Crippen LogP contribution >= 0.6 is 11.6 Å². The van der Waals surface area contributed by atoms with Crippen molar-refractivity contribution in [3.05, 3.63) is 29.3 Å². The van der Waals surface area contributed by atoms with Gasteiger partial charge in [-0.2, -0.15) is 9.97 Å². The number of halogens is 2. The monoisotopic (exact) mass is 514 g/mol. The number of aromatic nitrogens is 3. The number of rotatable bonds is 4. The maximum absolute atomic E-state index is 15.1. The van der Waals surface area contributed by atoms with Crippen LogP contribution in [0.1, 0.15) is 38.5 Å². The number of anilines is 1. The molecular weight excluding hydrogens is 487 g/mol. The Balaban J connectivity index is 1.23. The van der Waals surface area contributed by atoms with Gasteiger partial charge in [-0.15, -0.1) is 0 Å². The van der Waals surface area contributed by atoms with Crippen molar-refractivity contribution in [2.75, 3.05) is 37.7 Å². The molecule has 2 bridgehead atoms. The molecule has 36 heavy (non-hydrogen) atoms. The summed E-state index contributed by atoms with van der Waals surface area (Å²) in [6.07, 6.45) is 6.66. The van der Waals surface area contributed by atoms with E-state index >= 15 is 4.39 Å². The maximum atomic E-state index is 15.1. The average molecular weight is 515 g/mol. The number of piperazine rings is 1. The first-order valence-corrected chi connectivity index (χ1v) is 13.0. The first kappa shape index (κ1) is 22.5. The molecule has 2 aromatic heterocycles. The fourth-order valence-corrected chi connectivity index (χ4v) is 7.36. The topological polar surface area (TPSA) is 94.9 Å². The minimum atomic E-state index is -0.898. The van der Waals surface area contributed by atoms with Crippen LogP contribution in [0.25, 0.3) is 10.9 Å². The van der Waals surface area contributed by atoms with E-state index in [1.54, 1.807) is 4.90 Å². The fourth-order valence-electron chi connectivity index (χ4n) is 7.22. The first-order valence-electron chi connectivity index (χ1n) is 12.6. The van der Waals surface area contributed by atoms with Gasteiger partial charge in [0.2, 0.25) is 0 Å². The predicted molar refractivity (Wildman–Crippen MR) is 131 cm³/mol. The minimum Gasteiger partial charge on any atom is -0.465 e. The Morgan fingerprint density at radius 2 is 2.03 bits per heavy atom. The lowest BCUT2D eigenvalue weighted by atomic mass is 9.88. The molecule has 5 aliphatic rings. The number of pyridine rings is 1. The summed E-state index contributed by atoms with van der Waals surface area (Å²) in [5, 5.41) is 9.84. The van der Waals surface area contributed by atoms with E-state index in [1.165, 1.54) is 24.6 Å². The number of hydrogen-bond acceptors (Lipinski definition) is 7. The van der Waals surface area contributed by atoms with Crippen LogP contribution in [0.5, 0.6) is 6.01 Å². The highest BCUT2D eigenvalue weighted by Crippen LogP contribution is 2.61. The smallest absolute Gasteiger partial charge is 0.407 e. The van der Waals surface area contributed by atoms with Gasteiger partial charge in [0.15, 0.2) is 11.0 Å². The molecule has 5 fully saturated rings. The van der Waals surface area contributed by atoms with E-state index in [4.69, 9.17) is 21.3 Å². The van der Waals surface area contributed by atoms with E-state index in [0.717, 1.165) is 38.8 Å². The molecule has 1 unspecified atom stereocenters. The molecule has 2 aromatic rings. The van der Waals surface area contributed by atoms with Gasteiger partial charge in [-0.1, -0.05) is 23.8 Å². The second-order valence-corrected chi connectivity index (χ2v) is 11.8. The molecule has 190 valence electrons. The van der Waals surface area contributed by atoms with Gasteiger partial charge in [-0.25, -0.2) is 14.2 Å². The third-order valence-corrected chi connectivity index (χ3v) is 9.19. The minimum absolute atomic E-state index is 0.0679. The number of carboxylic acid groups (broad SMARTS) is 1. The molecule has 0 radical (unpaired) electrons. The van der Waals surface area contributed by atoms with Crippen molar-refractivity contribution in [2.24, 2.45) is 5.41 Å². The molecule has 9 nitrogen and oxygen atoms in total. The molecule has 1 saturated carbocycles. The van der Waals surface area contributed by atoms with Crippen LogP contribution in [0.2, 0.25) is 5.15 Å². The number of amides is 1. The van der Waals surface area contributed by atoms with Gasteiger partial charge >= 0.3 is 12.1 Å². The second kappa shape index (κ2) is 7.64. The summed E-state index contributed by atoms with van der Waals surface area (Å²) in [4.78, 5) is 31.0. The van der Waals surface area contributed by atoms with Crippen LogP contribution in [-0.4, -0.2) is 86.4 Å². The van der Waals surface area contributed by atoms with Crippen LogP contribution in [0, 0.1) is 11.2 Å². The van der Waals surface area contributed by atoms with Gasteiger partial charge in [0.25, 0.3) is 0 Å². The Bertz CT molecular complexity index is 1290. The summed E-state index contributed by atoms with van der Waals surface area (Å²) in [6.45, 7) is 7.55. The van der Waals surface area contributed by atoms with E-state index in [0.29, 0.717) is 36.3 Å². The Morgan fingerprint density at radius 1 is 1.28 bits per heavy atom. The maximum Gasteiger partial charge on any atom is 0.407 e. The van der Waals surface area contributed by atoms with Crippen LogP contribution in [0.4, 0.5) is 15.0 Å². The number of nitrogens with zero attached hydrogens (tertiary/aromatic N) is 6. The molecular formula is C25H28ClFN6O3. The molecule has 3 atom stereocenters. The molecule has 1 amide bonds. The Labute approximate surface area is 212 Å². The molecule has 0 aromatic carbocycles. The molecule has 4 aliphatic heterocycles. The quantitative estimate of drug-likeness (QED) is 0.487. The highest BCUT2D eigenvalue weighted by atomic mass is 35.5. The third-order valence-electron chi connectivity index (χ3n) is 8.93. The van der Waals surface area contributed by atoms with Crippen molar-refractivity contribution in [3.8, 4) is 6.01 Å². The number of hydrogen-bond donors (Lipinski definition) is 1. The predicted octanol–water partition coefficient (Wildman–Crippen LogP) is 3.71. The van der Waals surface area contributed by atoms with E-state index in [-0.39, 0.29) is 34.3 Å². The summed E-state index contributed by atoms with van der Waals surface area (Å²) in [6, 6.07) is -0.160. The van der Waals surface area contributed by atoms with E-state index in [1.807, 2.05) is 4.90 Å². The van der Waals surface area contributed by atoms with Gasteiger partial charge in [0.1, 0.15) is 17.9 Å². The van der Waals surface area contributed by atoms with Crippen LogP contribution in [0.3, 0.4) is 0 Å². The van der Waals surface area contributed by atoms with Crippen molar-refractivity contribution >= 4 is 34.4 Å². The number of fused-ring (bicyclic) bond motifs is 4. The van der Waals surface area contributed by atoms with E-state index in [2.05, 4.69) is 21.4 Å². The molecule has 1 aliphatic carbocycles. The summed E-state index contributed by atoms with van der Waals surface area (Å²) in [7, 11) is 0. The summed E-state index contributed by atoms with van der Waals surface area (Å²) in [5.41, 5.74) is 1.57. The van der Waals surface area contributed by atoms with Crippen molar-refractivity contribution in [3.63, 3.8) is 0 Å². The van der Waals surface area contributed by atoms with Gasteiger partial charge < -0.3 is 14.7 Å².